The third kappa shape index (κ3) is 2.57. The SMILES string of the molecule is CCC(N)C(C)[SiH]1CCCCO1. The third-order valence-electron chi connectivity index (χ3n) is 2.95. The van der Waals surface area contributed by atoms with Gasteiger partial charge in [-0.1, -0.05) is 20.3 Å². The third-order valence-corrected chi connectivity index (χ3v) is 6.26. The molecule has 2 nitrogen and oxygen atoms in total. The molecule has 12 heavy (non-hydrogen) atoms. The van der Waals surface area contributed by atoms with Gasteiger partial charge < -0.3 is 10.2 Å². The molecule has 0 radical (unpaired) electrons. The Hall–Kier alpha value is 0.137. The highest BCUT2D eigenvalue weighted by Crippen LogP contribution is 2.24. The summed E-state index contributed by atoms with van der Waals surface area (Å²) in [5.41, 5.74) is 6.66. The van der Waals surface area contributed by atoms with E-state index in [1.807, 2.05) is 0 Å². The Labute approximate surface area is 77.2 Å². The molecule has 0 bridgehead atoms. The summed E-state index contributed by atoms with van der Waals surface area (Å²) in [6, 6.07) is 1.72. The van der Waals surface area contributed by atoms with Crippen LogP contribution in [0.2, 0.25) is 11.6 Å². The first-order chi connectivity index (χ1) is 5.75. The molecular formula is C9H21NOSi. The van der Waals surface area contributed by atoms with Crippen molar-refractivity contribution in [3.05, 3.63) is 0 Å². The van der Waals surface area contributed by atoms with Gasteiger partial charge in [-0.15, -0.1) is 0 Å². The van der Waals surface area contributed by atoms with E-state index >= 15 is 0 Å². The molecule has 1 aliphatic rings. The van der Waals surface area contributed by atoms with Crippen molar-refractivity contribution in [2.24, 2.45) is 5.73 Å². The molecule has 1 rings (SSSR count). The van der Waals surface area contributed by atoms with E-state index in [-0.39, 0.29) is 0 Å². The average molecular weight is 187 g/mol. The summed E-state index contributed by atoms with van der Waals surface area (Å²) in [5.74, 6) is 0. The van der Waals surface area contributed by atoms with E-state index in [4.69, 9.17) is 10.2 Å². The Bertz CT molecular complexity index is 126. The second-order valence-electron chi connectivity index (χ2n) is 3.84. The van der Waals surface area contributed by atoms with Crippen LogP contribution in [-0.2, 0) is 4.43 Å². The molecule has 0 aliphatic carbocycles. The highest BCUT2D eigenvalue weighted by Gasteiger charge is 2.26. The molecule has 3 atom stereocenters. The van der Waals surface area contributed by atoms with Crippen LogP contribution in [0, 0.1) is 0 Å². The second-order valence-corrected chi connectivity index (χ2v) is 6.88. The zero-order valence-corrected chi connectivity index (χ0v) is 9.41. The van der Waals surface area contributed by atoms with Gasteiger partial charge in [0.15, 0.2) is 9.04 Å². The number of rotatable bonds is 3. The van der Waals surface area contributed by atoms with Crippen molar-refractivity contribution in [2.45, 2.75) is 50.7 Å². The predicted octanol–water partition coefficient (Wildman–Crippen LogP) is 1.65. The van der Waals surface area contributed by atoms with E-state index in [0.717, 1.165) is 13.0 Å². The van der Waals surface area contributed by atoms with Gasteiger partial charge in [-0.3, -0.25) is 0 Å². The van der Waals surface area contributed by atoms with Gasteiger partial charge in [-0.2, -0.15) is 0 Å². The smallest absolute Gasteiger partial charge is 0.181 e. The molecule has 2 N–H and O–H groups in total. The molecular weight excluding hydrogens is 166 g/mol. The normalized spacial score (nSPS) is 29.8. The lowest BCUT2D eigenvalue weighted by Gasteiger charge is -2.29. The van der Waals surface area contributed by atoms with Crippen LogP contribution in [0.15, 0.2) is 0 Å². The summed E-state index contributed by atoms with van der Waals surface area (Å²) >= 11 is 0. The van der Waals surface area contributed by atoms with Gasteiger partial charge in [0.05, 0.1) is 0 Å². The molecule has 3 unspecified atom stereocenters. The largest absolute Gasteiger partial charge is 0.420 e. The van der Waals surface area contributed by atoms with E-state index in [9.17, 15) is 0 Å². The quantitative estimate of drug-likeness (QED) is 0.682. The molecule has 0 saturated carbocycles. The Morgan fingerprint density at radius 3 is 2.75 bits per heavy atom. The lowest BCUT2D eigenvalue weighted by atomic mass is 10.2. The fraction of sp³-hybridized carbons (Fsp3) is 1.00. The first kappa shape index (κ1) is 10.2. The van der Waals surface area contributed by atoms with Crippen LogP contribution in [0.3, 0.4) is 0 Å². The summed E-state index contributed by atoms with van der Waals surface area (Å²) in [5, 5.41) is 0. The Morgan fingerprint density at radius 2 is 2.25 bits per heavy atom. The summed E-state index contributed by atoms with van der Waals surface area (Å²) in [7, 11) is -0.921. The minimum Gasteiger partial charge on any atom is -0.420 e. The van der Waals surface area contributed by atoms with Crippen LogP contribution in [0.1, 0.15) is 33.1 Å². The van der Waals surface area contributed by atoms with Crippen LogP contribution in [0.25, 0.3) is 0 Å². The average Bonchev–Trinajstić information content (AvgIpc) is 2.17. The molecule has 0 aromatic carbocycles. The number of nitrogens with two attached hydrogens (primary N) is 1. The Balaban J connectivity index is 2.33. The summed E-state index contributed by atoms with van der Waals surface area (Å²) in [4.78, 5) is 0. The van der Waals surface area contributed by atoms with Crippen LogP contribution in [0.4, 0.5) is 0 Å². The fourth-order valence-electron chi connectivity index (χ4n) is 1.83. The van der Waals surface area contributed by atoms with Gasteiger partial charge in [0.1, 0.15) is 0 Å². The minimum absolute atomic E-state index is 0.375. The van der Waals surface area contributed by atoms with Gasteiger partial charge in [0, 0.05) is 12.6 Å². The molecule has 1 heterocycles. The maximum Gasteiger partial charge on any atom is 0.181 e. The van der Waals surface area contributed by atoms with Crippen molar-refractivity contribution in [1.82, 2.24) is 0 Å². The lowest BCUT2D eigenvalue weighted by molar-refractivity contribution is 0.276. The van der Waals surface area contributed by atoms with E-state index in [1.165, 1.54) is 18.9 Å². The van der Waals surface area contributed by atoms with Crippen molar-refractivity contribution in [3.63, 3.8) is 0 Å². The van der Waals surface area contributed by atoms with Crippen molar-refractivity contribution in [3.8, 4) is 0 Å². The lowest BCUT2D eigenvalue weighted by Crippen LogP contribution is -2.37. The molecule has 0 amide bonds. The highest BCUT2D eigenvalue weighted by molar-refractivity contribution is 6.53. The van der Waals surface area contributed by atoms with Gasteiger partial charge >= 0.3 is 0 Å². The number of hydrogen-bond acceptors (Lipinski definition) is 2. The summed E-state index contributed by atoms with van der Waals surface area (Å²) in [6.07, 6.45) is 3.73. The predicted molar refractivity (Wildman–Crippen MR) is 54.8 cm³/mol. The second kappa shape index (κ2) is 4.99. The van der Waals surface area contributed by atoms with Crippen molar-refractivity contribution in [1.29, 1.82) is 0 Å². The first-order valence-electron chi connectivity index (χ1n) is 5.13. The van der Waals surface area contributed by atoms with Crippen LogP contribution in [-0.4, -0.2) is 21.7 Å². The first-order valence-corrected chi connectivity index (χ1v) is 7.08. The Morgan fingerprint density at radius 1 is 1.50 bits per heavy atom. The molecule has 72 valence electrons. The molecule has 1 saturated heterocycles. The topological polar surface area (TPSA) is 35.2 Å². The fourth-order valence-corrected chi connectivity index (χ4v) is 4.81. The highest BCUT2D eigenvalue weighted by atomic mass is 28.3. The molecule has 0 aromatic heterocycles. The van der Waals surface area contributed by atoms with Gasteiger partial charge in [0.25, 0.3) is 0 Å². The molecule has 0 aromatic rings. The van der Waals surface area contributed by atoms with E-state index in [1.54, 1.807) is 0 Å². The van der Waals surface area contributed by atoms with E-state index in [2.05, 4.69) is 13.8 Å². The molecule has 0 spiro atoms. The minimum atomic E-state index is -0.921. The Kier molecular flexibility index (Phi) is 4.25. The zero-order chi connectivity index (χ0) is 8.97. The van der Waals surface area contributed by atoms with E-state index in [0.29, 0.717) is 11.6 Å². The van der Waals surface area contributed by atoms with Crippen molar-refractivity contribution in [2.75, 3.05) is 6.61 Å². The van der Waals surface area contributed by atoms with Gasteiger partial charge in [-0.25, -0.2) is 0 Å². The van der Waals surface area contributed by atoms with Crippen molar-refractivity contribution < 1.29 is 4.43 Å². The summed E-state index contributed by atoms with van der Waals surface area (Å²) < 4.78 is 5.82. The maximum absolute atomic E-state index is 6.00. The number of hydrogen-bond donors (Lipinski definition) is 1. The standard InChI is InChI=1S/C9H21NOSi/c1-3-9(10)8(2)12-7-5-4-6-11-12/h8-9,12H,3-7,10H2,1-2H3. The van der Waals surface area contributed by atoms with Crippen LogP contribution >= 0.6 is 0 Å². The van der Waals surface area contributed by atoms with Crippen molar-refractivity contribution >= 4 is 9.04 Å². The molecule has 1 fully saturated rings. The van der Waals surface area contributed by atoms with Gasteiger partial charge in [-0.05, 0) is 24.4 Å². The maximum atomic E-state index is 6.00. The molecule has 1 aliphatic heterocycles. The monoisotopic (exact) mass is 187 g/mol. The zero-order valence-electron chi connectivity index (χ0n) is 8.25. The van der Waals surface area contributed by atoms with E-state index < -0.39 is 9.04 Å². The summed E-state index contributed by atoms with van der Waals surface area (Å²) in [6.45, 7) is 5.44. The van der Waals surface area contributed by atoms with Crippen LogP contribution in [0.5, 0.6) is 0 Å². The molecule has 3 heteroatoms. The van der Waals surface area contributed by atoms with Crippen LogP contribution < -0.4 is 5.73 Å². The van der Waals surface area contributed by atoms with Gasteiger partial charge in [0.2, 0.25) is 0 Å².